The summed E-state index contributed by atoms with van der Waals surface area (Å²) < 4.78 is 25.8. The van der Waals surface area contributed by atoms with Crippen molar-refractivity contribution >= 4 is 5.97 Å². The van der Waals surface area contributed by atoms with Crippen molar-refractivity contribution in [2.45, 2.75) is 0 Å². The summed E-state index contributed by atoms with van der Waals surface area (Å²) in [4.78, 5) is 14.7. The number of benzene rings is 1. The van der Waals surface area contributed by atoms with Gasteiger partial charge in [0.15, 0.2) is 11.6 Å². The largest absolute Gasteiger partial charge is 0.478 e. The Labute approximate surface area is 95.4 Å². The van der Waals surface area contributed by atoms with Gasteiger partial charge in [0.2, 0.25) is 0 Å². The van der Waals surface area contributed by atoms with Crippen molar-refractivity contribution < 1.29 is 18.7 Å². The fraction of sp³-hybridized carbons (Fsp3) is 0. The zero-order chi connectivity index (χ0) is 12.4. The van der Waals surface area contributed by atoms with Crippen LogP contribution >= 0.6 is 0 Å². The van der Waals surface area contributed by atoms with E-state index in [9.17, 15) is 13.6 Å². The minimum absolute atomic E-state index is 0.00833. The fourth-order valence-corrected chi connectivity index (χ4v) is 1.47. The number of hydrogen-bond donors (Lipinski definition) is 1. The minimum atomic E-state index is -1.15. The van der Waals surface area contributed by atoms with E-state index in [-0.39, 0.29) is 16.7 Å². The smallest absolute Gasteiger partial charge is 0.336 e. The summed E-state index contributed by atoms with van der Waals surface area (Å²) in [6, 6.07) is 4.50. The topological polar surface area (TPSA) is 50.2 Å². The van der Waals surface area contributed by atoms with Crippen LogP contribution in [0.2, 0.25) is 0 Å². The Hall–Kier alpha value is -2.30. The third kappa shape index (κ3) is 2.13. The lowest BCUT2D eigenvalue weighted by Crippen LogP contribution is -2.00. The molecule has 1 heterocycles. The van der Waals surface area contributed by atoms with Crippen LogP contribution in [-0.4, -0.2) is 16.1 Å². The second-order valence-electron chi connectivity index (χ2n) is 3.36. The van der Waals surface area contributed by atoms with Crippen LogP contribution < -0.4 is 0 Å². The maximum Gasteiger partial charge on any atom is 0.336 e. The number of pyridine rings is 1. The Kier molecular flexibility index (Phi) is 2.82. The molecule has 0 amide bonds. The Bertz CT molecular complexity index is 584. The predicted octanol–water partition coefficient (Wildman–Crippen LogP) is 2.73. The van der Waals surface area contributed by atoms with Gasteiger partial charge >= 0.3 is 5.97 Å². The number of carbonyl (C=O) groups is 1. The highest BCUT2D eigenvalue weighted by Crippen LogP contribution is 2.24. The molecule has 0 aliphatic rings. The molecule has 2 aromatic rings. The molecular formula is C12H7F2NO2. The quantitative estimate of drug-likeness (QED) is 0.870. The van der Waals surface area contributed by atoms with E-state index >= 15 is 0 Å². The first-order chi connectivity index (χ1) is 8.09. The van der Waals surface area contributed by atoms with Crippen molar-refractivity contribution in [3.63, 3.8) is 0 Å². The average Bonchev–Trinajstić information content (AvgIpc) is 2.32. The van der Waals surface area contributed by atoms with E-state index in [1.165, 1.54) is 24.5 Å². The highest BCUT2D eigenvalue weighted by molar-refractivity contribution is 5.95. The van der Waals surface area contributed by atoms with Crippen molar-refractivity contribution in [3.05, 3.63) is 53.9 Å². The third-order valence-corrected chi connectivity index (χ3v) is 2.28. The molecule has 5 heteroatoms. The molecule has 1 N–H and O–H groups in total. The maximum absolute atomic E-state index is 13.1. The summed E-state index contributed by atoms with van der Waals surface area (Å²) in [7, 11) is 0. The molecule has 3 nitrogen and oxygen atoms in total. The molecule has 0 saturated carbocycles. The van der Waals surface area contributed by atoms with E-state index in [0.717, 1.165) is 12.1 Å². The van der Waals surface area contributed by atoms with E-state index in [1.54, 1.807) is 0 Å². The molecule has 1 aromatic heterocycles. The summed E-state index contributed by atoms with van der Waals surface area (Å²) in [6.07, 6.45) is 2.63. The van der Waals surface area contributed by atoms with Gasteiger partial charge < -0.3 is 5.11 Å². The van der Waals surface area contributed by atoms with Crippen LogP contribution in [0.1, 0.15) is 10.4 Å². The second-order valence-corrected chi connectivity index (χ2v) is 3.36. The summed E-state index contributed by atoms with van der Waals surface area (Å²) >= 11 is 0. The number of halogens is 2. The predicted molar refractivity (Wildman–Crippen MR) is 56.5 cm³/mol. The van der Waals surface area contributed by atoms with E-state index < -0.39 is 17.6 Å². The molecule has 17 heavy (non-hydrogen) atoms. The Morgan fingerprint density at radius 2 is 1.94 bits per heavy atom. The summed E-state index contributed by atoms with van der Waals surface area (Å²) in [5, 5.41) is 8.96. The van der Waals surface area contributed by atoms with Gasteiger partial charge in [-0.25, -0.2) is 13.6 Å². The van der Waals surface area contributed by atoms with Crippen molar-refractivity contribution in [1.29, 1.82) is 0 Å². The lowest BCUT2D eigenvalue weighted by atomic mass is 10.0. The first-order valence-corrected chi connectivity index (χ1v) is 4.72. The Morgan fingerprint density at radius 1 is 1.18 bits per heavy atom. The average molecular weight is 235 g/mol. The monoisotopic (exact) mass is 235 g/mol. The first kappa shape index (κ1) is 11.2. The molecule has 0 atom stereocenters. The molecule has 0 aliphatic heterocycles. The van der Waals surface area contributed by atoms with Gasteiger partial charge in [-0.05, 0) is 23.8 Å². The molecule has 1 aromatic carbocycles. The number of carboxylic acids is 1. The first-order valence-electron chi connectivity index (χ1n) is 4.72. The number of nitrogens with zero attached hydrogens (tertiary/aromatic N) is 1. The number of aromatic nitrogens is 1. The van der Waals surface area contributed by atoms with Crippen LogP contribution in [0.15, 0.2) is 36.7 Å². The zero-order valence-corrected chi connectivity index (χ0v) is 8.52. The summed E-state index contributed by atoms with van der Waals surface area (Å²) in [6.45, 7) is 0. The van der Waals surface area contributed by atoms with Crippen molar-refractivity contribution in [3.8, 4) is 11.1 Å². The van der Waals surface area contributed by atoms with Crippen molar-refractivity contribution in [2.24, 2.45) is 0 Å². The van der Waals surface area contributed by atoms with Crippen LogP contribution in [0.4, 0.5) is 8.78 Å². The third-order valence-electron chi connectivity index (χ3n) is 2.28. The standard InChI is InChI=1S/C12H7F2NO2/c13-10-2-1-7(5-11(10)14)9-6-15-4-3-8(9)12(16)17/h1-6H,(H,16,17). The highest BCUT2D eigenvalue weighted by Gasteiger charge is 2.13. The summed E-state index contributed by atoms with van der Waals surface area (Å²) in [5.74, 6) is -3.15. The number of carboxylic acid groups (broad SMARTS) is 1. The van der Waals surface area contributed by atoms with Crippen molar-refractivity contribution in [1.82, 2.24) is 4.98 Å². The fourth-order valence-electron chi connectivity index (χ4n) is 1.47. The normalized spacial score (nSPS) is 10.2. The molecule has 86 valence electrons. The molecule has 0 spiro atoms. The molecule has 0 saturated heterocycles. The van der Waals surface area contributed by atoms with Gasteiger partial charge in [0.05, 0.1) is 5.56 Å². The SMILES string of the molecule is O=C(O)c1ccncc1-c1ccc(F)c(F)c1. The Balaban J connectivity index is 2.60. The molecule has 0 bridgehead atoms. The van der Waals surface area contributed by atoms with Crippen LogP contribution in [0.5, 0.6) is 0 Å². The van der Waals surface area contributed by atoms with E-state index in [0.29, 0.717) is 0 Å². The van der Waals surface area contributed by atoms with E-state index in [4.69, 9.17) is 5.11 Å². The highest BCUT2D eigenvalue weighted by atomic mass is 19.2. The van der Waals surface area contributed by atoms with Gasteiger partial charge in [0.1, 0.15) is 0 Å². The zero-order valence-electron chi connectivity index (χ0n) is 8.52. The molecule has 2 rings (SSSR count). The lowest BCUT2D eigenvalue weighted by molar-refractivity contribution is 0.0697. The van der Waals surface area contributed by atoms with Gasteiger partial charge in [-0.15, -0.1) is 0 Å². The van der Waals surface area contributed by atoms with Crippen LogP contribution in [-0.2, 0) is 0 Å². The molecule has 0 radical (unpaired) electrons. The minimum Gasteiger partial charge on any atom is -0.478 e. The van der Waals surface area contributed by atoms with E-state index in [1.807, 2.05) is 0 Å². The number of rotatable bonds is 2. The second kappa shape index (κ2) is 4.29. The number of aromatic carboxylic acids is 1. The van der Waals surface area contributed by atoms with Crippen LogP contribution in [0.25, 0.3) is 11.1 Å². The maximum atomic E-state index is 13.1. The van der Waals surface area contributed by atoms with E-state index in [2.05, 4.69) is 4.98 Å². The van der Waals surface area contributed by atoms with Gasteiger partial charge in [0, 0.05) is 18.0 Å². The van der Waals surface area contributed by atoms with Gasteiger partial charge in [-0.1, -0.05) is 6.07 Å². The molecular weight excluding hydrogens is 228 g/mol. The Morgan fingerprint density at radius 3 is 2.59 bits per heavy atom. The van der Waals surface area contributed by atoms with Gasteiger partial charge in [-0.3, -0.25) is 4.98 Å². The molecule has 0 fully saturated rings. The van der Waals surface area contributed by atoms with Crippen LogP contribution in [0, 0.1) is 11.6 Å². The lowest BCUT2D eigenvalue weighted by Gasteiger charge is -2.05. The van der Waals surface area contributed by atoms with Crippen LogP contribution in [0.3, 0.4) is 0 Å². The molecule has 0 aliphatic carbocycles. The van der Waals surface area contributed by atoms with Gasteiger partial charge in [-0.2, -0.15) is 0 Å². The summed E-state index contributed by atoms with van der Waals surface area (Å²) in [5.41, 5.74) is 0.513. The van der Waals surface area contributed by atoms with Crippen molar-refractivity contribution in [2.75, 3.05) is 0 Å². The number of hydrogen-bond acceptors (Lipinski definition) is 2. The van der Waals surface area contributed by atoms with Gasteiger partial charge in [0.25, 0.3) is 0 Å². The molecule has 0 unspecified atom stereocenters.